The van der Waals surface area contributed by atoms with Gasteiger partial charge in [0.1, 0.15) is 0 Å². The van der Waals surface area contributed by atoms with Gasteiger partial charge in [-0.05, 0) is 24.3 Å². The molecular formula is C16H17ClN2O3. The molecule has 2 rings (SSSR count). The van der Waals surface area contributed by atoms with E-state index in [0.29, 0.717) is 27.8 Å². The first-order valence-corrected chi connectivity index (χ1v) is 6.97. The van der Waals surface area contributed by atoms with Crippen molar-refractivity contribution in [2.45, 2.75) is 6.54 Å². The molecule has 3 N–H and O–H groups in total. The first-order valence-electron chi connectivity index (χ1n) is 6.60. The van der Waals surface area contributed by atoms with Crippen LogP contribution in [-0.2, 0) is 6.54 Å². The lowest BCUT2D eigenvalue weighted by atomic mass is 10.1. The Labute approximate surface area is 134 Å². The predicted molar refractivity (Wildman–Crippen MR) is 86.6 cm³/mol. The average molecular weight is 321 g/mol. The maximum atomic E-state index is 12.2. The molecule has 0 aliphatic carbocycles. The second-order valence-electron chi connectivity index (χ2n) is 4.57. The van der Waals surface area contributed by atoms with Crippen LogP contribution in [0.5, 0.6) is 11.5 Å². The van der Waals surface area contributed by atoms with Crippen molar-refractivity contribution in [3.63, 3.8) is 0 Å². The number of nitrogens with two attached hydrogens (primary N) is 1. The van der Waals surface area contributed by atoms with Crippen molar-refractivity contribution in [1.82, 2.24) is 5.32 Å². The minimum absolute atomic E-state index is 0.283. The maximum absolute atomic E-state index is 12.2. The number of anilines is 1. The highest BCUT2D eigenvalue weighted by molar-refractivity contribution is 6.31. The van der Waals surface area contributed by atoms with Gasteiger partial charge in [0, 0.05) is 22.8 Å². The van der Waals surface area contributed by atoms with Crippen molar-refractivity contribution in [3.05, 3.63) is 52.5 Å². The topological polar surface area (TPSA) is 73.6 Å². The van der Waals surface area contributed by atoms with Crippen LogP contribution in [0.1, 0.15) is 15.9 Å². The normalized spacial score (nSPS) is 10.1. The quantitative estimate of drug-likeness (QED) is 0.831. The van der Waals surface area contributed by atoms with Crippen molar-refractivity contribution < 1.29 is 14.3 Å². The molecule has 5 nitrogen and oxygen atoms in total. The Morgan fingerprint density at radius 3 is 2.68 bits per heavy atom. The van der Waals surface area contributed by atoms with E-state index >= 15 is 0 Å². The van der Waals surface area contributed by atoms with Crippen LogP contribution in [0.15, 0.2) is 36.4 Å². The Kier molecular flexibility index (Phi) is 5.12. The smallest absolute Gasteiger partial charge is 0.253 e. The minimum Gasteiger partial charge on any atom is -0.493 e. The molecule has 116 valence electrons. The van der Waals surface area contributed by atoms with Crippen LogP contribution in [-0.4, -0.2) is 20.1 Å². The summed E-state index contributed by atoms with van der Waals surface area (Å²) in [4.78, 5) is 12.2. The van der Waals surface area contributed by atoms with E-state index < -0.39 is 0 Å². The molecule has 0 fully saturated rings. The van der Waals surface area contributed by atoms with Gasteiger partial charge in [0.2, 0.25) is 0 Å². The highest BCUT2D eigenvalue weighted by atomic mass is 35.5. The molecule has 0 saturated heterocycles. The van der Waals surface area contributed by atoms with E-state index in [-0.39, 0.29) is 12.5 Å². The number of nitrogen functional groups attached to an aromatic ring is 1. The van der Waals surface area contributed by atoms with Crippen LogP contribution in [0.4, 0.5) is 5.69 Å². The molecule has 2 aromatic rings. The highest BCUT2D eigenvalue weighted by Gasteiger charge is 2.13. The Balaban J connectivity index is 2.16. The molecule has 0 unspecified atom stereocenters. The summed E-state index contributed by atoms with van der Waals surface area (Å²) in [7, 11) is 3.12. The number of carbonyl (C=O) groups excluding carboxylic acids is 1. The van der Waals surface area contributed by atoms with Crippen LogP contribution in [0.2, 0.25) is 5.02 Å². The van der Waals surface area contributed by atoms with E-state index in [1.54, 1.807) is 32.4 Å². The highest BCUT2D eigenvalue weighted by Crippen LogP contribution is 2.30. The molecule has 0 radical (unpaired) electrons. The summed E-state index contributed by atoms with van der Waals surface area (Å²) in [6.45, 7) is 0.283. The summed E-state index contributed by atoms with van der Waals surface area (Å²) < 4.78 is 10.6. The Hall–Kier alpha value is -2.40. The van der Waals surface area contributed by atoms with Gasteiger partial charge in [-0.3, -0.25) is 4.79 Å². The molecule has 0 aliphatic heterocycles. The van der Waals surface area contributed by atoms with Gasteiger partial charge in [0.15, 0.2) is 11.5 Å². The first-order chi connectivity index (χ1) is 10.6. The average Bonchev–Trinajstić information content (AvgIpc) is 2.54. The second kappa shape index (κ2) is 7.04. The van der Waals surface area contributed by atoms with Gasteiger partial charge >= 0.3 is 0 Å². The molecule has 0 aromatic heterocycles. The molecule has 0 aliphatic rings. The summed E-state index contributed by atoms with van der Waals surface area (Å²) in [6.07, 6.45) is 0. The summed E-state index contributed by atoms with van der Waals surface area (Å²) in [5.41, 5.74) is 7.32. The third kappa shape index (κ3) is 3.43. The standard InChI is InChI=1S/C16H17ClN2O3/c1-21-14-5-3-4-10(15(14)22-2)9-19-16(20)12-8-11(17)6-7-13(12)18/h3-8H,9,18H2,1-2H3,(H,19,20). The van der Waals surface area contributed by atoms with Crippen molar-refractivity contribution in [2.24, 2.45) is 0 Å². The van der Waals surface area contributed by atoms with Gasteiger partial charge in [0.05, 0.1) is 19.8 Å². The number of methoxy groups -OCH3 is 2. The van der Waals surface area contributed by atoms with E-state index in [2.05, 4.69) is 5.32 Å². The molecule has 1 amide bonds. The fourth-order valence-corrected chi connectivity index (χ4v) is 2.26. The molecule has 0 bridgehead atoms. The van der Waals surface area contributed by atoms with Crippen LogP contribution in [0.3, 0.4) is 0 Å². The predicted octanol–water partition coefficient (Wildman–Crippen LogP) is 2.87. The number of benzene rings is 2. The van der Waals surface area contributed by atoms with Crippen molar-refractivity contribution >= 4 is 23.2 Å². The largest absolute Gasteiger partial charge is 0.493 e. The van der Waals surface area contributed by atoms with Crippen molar-refractivity contribution in [1.29, 1.82) is 0 Å². The number of ether oxygens (including phenoxy) is 2. The fourth-order valence-electron chi connectivity index (χ4n) is 2.09. The molecule has 0 saturated carbocycles. The third-order valence-electron chi connectivity index (χ3n) is 3.18. The molecule has 6 heteroatoms. The lowest BCUT2D eigenvalue weighted by molar-refractivity contribution is 0.0951. The number of halogens is 1. The van der Waals surface area contributed by atoms with Crippen molar-refractivity contribution in [2.75, 3.05) is 20.0 Å². The Morgan fingerprint density at radius 2 is 2.00 bits per heavy atom. The second-order valence-corrected chi connectivity index (χ2v) is 5.00. The van der Waals surface area contributed by atoms with Crippen LogP contribution in [0.25, 0.3) is 0 Å². The lowest BCUT2D eigenvalue weighted by Crippen LogP contribution is -2.24. The molecular weight excluding hydrogens is 304 g/mol. The fraction of sp³-hybridized carbons (Fsp3) is 0.188. The monoisotopic (exact) mass is 320 g/mol. The van der Waals surface area contributed by atoms with E-state index in [9.17, 15) is 4.79 Å². The van der Waals surface area contributed by atoms with E-state index in [1.807, 2.05) is 12.1 Å². The molecule has 0 atom stereocenters. The zero-order chi connectivity index (χ0) is 16.1. The number of nitrogens with one attached hydrogen (secondary N) is 1. The summed E-state index contributed by atoms with van der Waals surface area (Å²) in [6, 6.07) is 10.2. The van der Waals surface area contributed by atoms with Gasteiger partial charge in [-0.25, -0.2) is 0 Å². The first kappa shape index (κ1) is 16.0. The number of carbonyl (C=O) groups is 1. The van der Waals surface area contributed by atoms with Gasteiger partial charge < -0.3 is 20.5 Å². The van der Waals surface area contributed by atoms with E-state index in [0.717, 1.165) is 5.56 Å². The molecule has 0 heterocycles. The van der Waals surface area contributed by atoms with Crippen molar-refractivity contribution in [3.8, 4) is 11.5 Å². The number of amides is 1. The number of hydrogen-bond acceptors (Lipinski definition) is 4. The van der Waals surface area contributed by atoms with E-state index in [4.69, 9.17) is 26.8 Å². The number of hydrogen-bond donors (Lipinski definition) is 2. The number of para-hydroxylation sites is 1. The summed E-state index contributed by atoms with van der Waals surface area (Å²) >= 11 is 5.89. The van der Waals surface area contributed by atoms with Gasteiger partial charge in [0.25, 0.3) is 5.91 Å². The molecule has 2 aromatic carbocycles. The Bertz CT molecular complexity index is 689. The summed E-state index contributed by atoms with van der Waals surface area (Å²) in [5, 5.41) is 3.25. The Morgan fingerprint density at radius 1 is 1.23 bits per heavy atom. The number of rotatable bonds is 5. The minimum atomic E-state index is -0.301. The zero-order valence-corrected chi connectivity index (χ0v) is 13.1. The molecule has 0 spiro atoms. The van der Waals surface area contributed by atoms with Gasteiger partial charge in [-0.1, -0.05) is 23.7 Å². The SMILES string of the molecule is COc1cccc(CNC(=O)c2cc(Cl)ccc2N)c1OC. The maximum Gasteiger partial charge on any atom is 0.253 e. The molecule has 22 heavy (non-hydrogen) atoms. The van der Waals surface area contributed by atoms with Gasteiger partial charge in [-0.2, -0.15) is 0 Å². The summed E-state index contributed by atoms with van der Waals surface area (Å²) in [5.74, 6) is 0.894. The zero-order valence-electron chi connectivity index (χ0n) is 12.4. The van der Waals surface area contributed by atoms with Crippen LogP contribution < -0.4 is 20.5 Å². The lowest BCUT2D eigenvalue weighted by Gasteiger charge is -2.13. The van der Waals surface area contributed by atoms with Gasteiger partial charge in [-0.15, -0.1) is 0 Å². The van der Waals surface area contributed by atoms with Crippen LogP contribution >= 0.6 is 11.6 Å². The van der Waals surface area contributed by atoms with E-state index in [1.165, 1.54) is 6.07 Å². The third-order valence-corrected chi connectivity index (χ3v) is 3.42. The van der Waals surface area contributed by atoms with Crippen LogP contribution in [0, 0.1) is 0 Å².